The maximum absolute atomic E-state index is 10.4. The van der Waals surface area contributed by atoms with Gasteiger partial charge < -0.3 is 43.9 Å². The summed E-state index contributed by atoms with van der Waals surface area (Å²) < 4.78 is 24.9. The highest BCUT2D eigenvalue weighted by Gasteiger charge is 2.45. The molecule has 1 aromatic heterocycles. The number of aromatic nitrogens is 1. The molecule has 2 aliphatic heterocycles. The molecule has 9 nitrogen and oxygen atoms in total. The Morgan fingerprint density at radius 3 is 2.48 bits per heavy atom. The Morgan fingerprint density at radius 1 is 1.09 bits per heavy atom. The minimum atomic E-state index is -1.50. The summed E-state index contributed by atoms with van der Waals surface area (Å²) in [4.78, 5) is 0. The second kappa shape index (κ2) is 10.4. The number of aliphatic hydroxyl groups excluding tert-OH is 4. The SMILES string of the molecule is CCOc1ccc(Cc2c(O[C@@H]3O[C@H](CO)[C@@H](O)[C@H](O)[C@H]3O)cn(C3CCOC3)c2C)cc1. The fourth-order valence-electron chi connectivity index (χ4n) is 4.44. The van der Waals surface area contributed by atoms with Crippen LogP contribution in [-0.4, -0.2) is 82.1 Å². The maximum Gasteiger partial charge on any atom is 0.229 e. The predicted octanol–water partition coefficient (Wildman–Crippen LogP) is 0.926. The zero-order valence-corrected chi connectivity index (χ0v) is 19.0. The molecule has 2 saturated heterocycles. The quantitative estimate of drug-likeness (QED) is 0.456. The first-order chi connectivity index (χ1) is 15.9. The molecule has 1 aromatic carbocycles. The van der Waals surface area contributed by atoms with Crippen molar-refractivity contribution in [2.75, 3.05) is 26.4 Å². The number of rotatable bonds is 8. The lowest BCUT2D eigenvalue weighted by Gasteiger charge is -2.39. The molecule has 0 bridgehead atoms. The fourth-order valence-corrected chi connectivity index (χ4v) is 4.44. The number of benzene rings is 1. The molecule has 3 heterocycles. The van der Waals surface area contributed by atoms with Crippen LogP contribution in [0, 0.1) is 6.92 Å². The first-order valence-corrected chi connectivity index (χ1v) is 11.4. The summed E-state index contributed by atoms with van der Waals surface area (Å²) in [5.74, 6) is 1.31. The Labute approximate surface area is 193 Å². The third-order valence-electron chi connectivity index (χ3n) is 6.38. The average Bonchev–Trinajstić information content (AvgIpc) is 3.45. The number of ether oxygens (including phenoxy) is 4. The van der Waals surface area contributed by atoms with Gasteiger partial charge in [0.25, 0.3) is 0 Å². The summed E-state index contributed by atoms with van der Waals surface area (Å²) in [6.07, 6.45) is -3.34. The topological polar surface area (TPSA) is 123 Å². The standard InChI is InChI=1S/C24H33NO8/c1-3-31-17-6-4-15(5-7-17)10-18-14(2)25(16-8-9-30-13-16)11-19(18)32-24-23(29)22(28)21(27)20(12-26)33-24/h4-7,11,16,20-24,26-29H,3,8-10,12-13H2,1-2H3/t16?,20-,21-,22+,23-,24-/m1/s1. The molecular formula is C24H33NO8. The van der Waals surface area contributed by atoms with Crippen LogP contribution in [0.4, 0.5) is 0 Å². The first kappa shape index (κ1) is 24.0. The van der Waals surface area contributed by atoms with Crippen molar-refractivity contribution in [3.63, 3.8) is 0 Å². The molecule has 0 saturated carbocycles. The molecule has 6 atom stereocenters. The Kier molecular flexibility index (Phi) is 7.58. The van der Waals surface area contributed by atoms with E-state index in [9.17, 15) is 20.4 Å². The summed E-state index contributed by atoms with van der Waals surface area (Å²) >= 11 is 0. The van der Waals surface area contributed by atoms with Crippen LogP contribution in [0.2, 0.25) is 0 Å². The Hall–Kier alpha value is -2.14. The average molecular weight is 464 g/mol. The van der Waals surface area contributed by atoms with Crippen LogP contribution in [-0.2, 0) is 15.9 Å². The minimum Gasteiger partial charge on any atom is -0.494 e. The van der Waals surface area contributed by atoms with E-state index >= 15 is 0 Å². The third-order valence-corrected chi connectivity index (χ3v) is 6.38. The zero-order valence-electron chi connectivity index (χ0n) is 19.0. The molecule has 4 rings (SSSR count). The largest absolute Gasteiger partial charge is 0.494 e. The van der Waals surface area contributed by atoms with Gasteiger partial charge >= 0.3 is 0 Å². The van der Waals surface area contributed by atoms with E-state index in [1.165, 1.54) is 0 Å². The van der Waals surface area contributed by atoms with Gasteiger partial charge in [0.2, 0.25) is 6.29 Å². The van der Waals surface area contributed by atoms with Crippen LogP contribution in [0.25, 0.3) is 0 Å². The van der Waals surface area contributed by atoms with E-state index in [1.54, 1.807) is 0 Å². The van der Waals surface area contributed by atoms with Gasteiger partial charge in [-0.3, -0.25) is 0 Å². The third kappa shape index (κ3) is 5.03. The van der Waals surface area contributed by atoms with Gasteiger partial charge in [0.05, 0.1) is 25.9 Å². The van der Waals surface area contributed by atoms with E-state index in [1.807, 2.05) is 44.3 Å². The van der Waals surface area contributed by atoms with E-state index in [2.05, 4.69) is 4.57 Å². The molecule has 2 aliphatic rings. The fraction of sp³-hybridized carbons (Fsp3) is 0.583. The molecule has 2 aromatic rings. The van der Waals surface area contributed by atoms with E-state index in [0.29, 0.717) is 32.0 Å². The lowest BCUT2D eigenvalue weighted by Crippen LogP contribution is -2.60. The molecule has 2 fully saturated rings. The lowest BCUT2D eigenvalue weighted by molar-refractivity contribution is -0.277. The van der Waals surface area contributed by atoms with Crippen LogP contribution >= 0.6 is 0 Å². The van der Waals surface area contributed by atoms with Crippen molar-refractivity contribution in [2.24, 2.45) is 0 Å². The first-order valence-electron chi connectivity index (χ1n) is 11.4. The van der Waals surface area contributed by atoms with Crippen LogP contribution < -0.4 is 9.47 Å². The van der Waals surface area contributed by atoms with Crippen LogP contribution in [0.5, 0.6) is 11.5 Å². The van der Waals surface area contributed by atoms with Gasteiger partial charge in [0, 0.05) is 30.5 Å². The second-order valence-electron chi connectivity index (χ2n) is 8.55. The number of nitrogens with zero attached hydrogens (tertiary/aromatic N) is 1. The molecule has 0 aliphatic carbocycles. The highest BCUT2D eigenvalue weighted by Crippen LogP contribution is 2.35. The molecule has 33 heavy (non-hydrogen) atoms. The summed E-state index contributed by atoms with van der Waals surface area (Å²) in [6, 6.07) is 8.02. The smallest absolute Gasteiger partial charge is 0.229 e. The predicted molar refractivity (Wildman–Crippen MR) is 118 cm³/mol. The maximum atomic E-state index is 10.4. The Balaban J connectivity index is 1.62. The van der Waals surface area contributed by atoms with Gasteiger partial charge in [-0.05, 0) is 38.0 Å². The van der Waals surface area contributed by atoms with E-state index in [0.717, 1.165) is 29.0 Å². The van der Waals surface area contributed by atoms with Crippen LogP contribution in [0.1, 0.15) is 36.2 Å². The molecule has 0 spiro atoms. The van der Waals surface area contributed by atoms with Gasteiger partial charge in [-0.25, -0.2) is 0 Å². The van der Waals surface area contributed by atoms with Crippen molar-refractivity contribution in [1.29, 1.82) is 0 Å². The van der Waals surface area contributed by atoms with Crippen molar-refractivity contribution in [3.8, 4) is 11.5 Å². The minimum absolute atomic E-state index is 0.177. The zero-order chi connectivity index (χ0) is 23.5. The molecule has 1 unspecified atom stereocenters. The summed E-state index contributed by atoms with van der Waals surface area (Å²) in [5, 5.41) is 40.2. The van der Waals surface area contributed by atoms with Gasteiger partial charge in [0.15, 0.2) is 0 Å². The van der Waals surface area contributed by atoms with Crippen molar-refractivity contribution in [2.45, 2.75) is 63.4 Å². The summed E-state index contributed by atoms with van der Waals surface area (Å²) in [7, 11) is 0. The molecule has 4 N–H and O–H groups in total. The molecule has 0 amide bonds. The normalized spacial score (nSPS) is 29.9. The van der Waals surface area contributed by atoms with Crippen molar-refractivity contribution < 1.29 is 39.4 Å². The van der Waals surface area contributed by atoms with Crippen LogP contribution in [0.3, 0.4) is 0 Å². The van der Waals surface area contributed by atoms with Gasteiger partial charge in [-0.2, -0.15) is 0 Å². The monoisotopic (exact) mass is 463 g/mol. The van der Waals surface area contributed by atoms with Gasteiger partial charge in [-0.15, -0.1) is 0 Å². The van der Waals surface area contributed by atoms with Gasteiger partial charge in [0.1, 0.15) is 35.9 Å². The van der Waals surface area contributed by atoms with Gasteiger partial charge in [-0.1, -0.05) is 12.1 Å². The van der Waals surface area contributed by atoms with Crippen molar-refractivity contribution in [1.82, 2.24) is 4.57 Å². The lowest BCUT2D eigenvalue weighted by atomic mass is 9.99. The van der Waals surface area contributed by atoms with Crippen molar-refractivity contribution in [3.05, 3.63) is 47.3 Å². The highest BCUT2D eigenvalue weighted by molar-refractivity contribution is 5.43. The van der Waals surface area contributed by atoms with E-state index in [-0.39, 0.29) is 6.04 Å². The van der Waals surface area contributed by atoms with Crippen LogP contribution in [0.15, 0.2) is 30.5 Å². The number of aliphatic hydroxyl groups is 4. The summed E-state index contributed by atoms with van der Waals surface area (Å²) in [5.41, 5.74) is 2.99. The highest BCUT2D eigenvalue weighted by atomic mass is 16.7. The molecular weight excluding hydrogens is 430 g/mol. The molecule has 182 valence electrons. The number of hydrogen-bond acceptors (Lipinski definition) is 8. The molecule has 0 radical (unpaired) electrons. The molecule has 9 heteroatoms. The van der Waals surface area contributed by atoms with Crippen molar-refractivity contribution >= 4 is 0 Å². The van der Waals surface area contributed by atoms with E-state index in [4.69, 9.17) is 18.9 Å². The summed E-state index contributed by atoms with van der Waals surface area (Å²) in [6.45, 7) is 5.35. The Bertz CT molecular complexity index is 906. The van der Waals surface area contributed by atoms with E-state index < -0.39 is 37.3 Å². The second-order valence-corrected chi connectivity index (χ2v) is 8.55. The number of hydrogen-bond donors (Lipinski definition) is 4. The Morgan fingerprint density at radius 2 is 1.85 bits per heavy atom.